The number of rotatable bonds is 7. The van der Waals surface area contributed by atoms with E-state index in [1.807, 2.05) is 29.2 Å². The minimum atomic E-state index is -0.365. The number of hydrogen-bond donors (Lipinski definition) is 4. The Morgan fingerprint density at radius 1 is 1.07 bits per heavy atom. The Morgan fingerprint density at radius 2 is 1.87 bits per heavy atom. The van der Waals surface area contributed by atoms with Crippen molar-refractivity contribution in [1.82, 2.24) is 10.3 Å². The maximum atomic E-state index is 12.1. The van der Waals surface area contributed by atoms with E-state index >= 15 is 0 Å². The molecule has 30 heavy (non-hydrogen) atoms. The zero-order valence-electron chi connectivity index (χ0n) is 16.6. The van der Waals surface area contributed by atoms with E-state index in [1.54, 1.807) is 24.4 Å². The van der Waals surface area contributed by atoms with Gasteiger partial charge in [0.15, 0.2) is 0 Å². The monoisotopic (exact) mass is 410 g/mol. The molecule has 1 aromatic carbocycles. The van der Waals surface area contributed by atoms with Crippen LogP contribution >= 0.6 is 0 Å². The lowest BCUT2D eigenvalue weighted by molar-refractivity contribution is -0.122. The largest absolute Gasteiger partial charge is 0.369 e. The van der Waals surface area contributed by atoms with E-state index in [0.717, 1.165) is 25.2 Å². The van der Waals surface area contributed by atoms with Gasteiger partial charge in [0.25, 0.3) is 0 Å². The first-order valence-corrected chi connectivity index (χ1v) is 9.91. The molecule has 1 aromatic heterocycles. The normalized spacial score (nSPS) is 15.9. The van der Waals surface area contributed by atoms with Gasteiger partial charge in [0.1, 0.15) is 5.82 Å². The van der Waals surface area contributed by atoms with Gasteiger partial charge in [-0.2, -0.15) is 0 Å². The Hall–Kier alpha value is -3.62. The van der Waals surface area contributed by atoms with Gasteiger partial charge in [-0.25, -0.2) is 9.78 Å². The van der Waals surface area contributed by atoms with Gasteiger partial charge >= 0.3 is 6.03 Å². The van der Waals surface area contributed by atoms with Gasteiger partial charge in [0, 0.05) is 31.7 Å². The summed E-state index contributed by atoms with van der Waals surface area (Å²) >= 11 is 0. The molecule has 1 atom stereocenters. The van der Waals surface area contributed by atoms with Gasteiger partial charge in [0.2, 0.25) is 11.8 Å². The van der Waals surface area contributed by atoms with Crippen molar-refractivity contribution in [2.45, 2.75) is 19.3 Å². The van der Waals surface area contributed by atoms with Crippen molar-refractivity contribution in [3.8, 4) is 0 Å². The van der Waals surface area contributed by atoms with Crippen molar-refractivity contribution in [3.63, 3.8) is 0 Å². The Kier molecular flexibility index (Phi) is 7.20. The van der Waals surface area contributed by atoms with E-state index in [2.05, 4.69) is 20.9 Å². The average molecular weight is 410 g/mol. The molecule has 1 aliphatic heterocycles. The number of carbonyl (C=O) groups excluding carboxylic acids is 3. The summed E-state index contributed by atoms with van der Waals surface area (Å²) in [5.41, 5.74) is 6.67. The molecule has 1 aliphatic rings. The van der Waals surface area contributed by atoms with Crippen LogP contribution in [0, 0.1) is 5.92 Å². The first-order chi connectivity index (χ1) is 14.5. The molecule has 0 bridgehead atoms. The van der Waals surface area contributed by atoms with Gasteiger partial charge in [-0.1, -0.05) is 18.2 Å². The standard InChI is InChI=1S/C21H26N6O3/c22-20(29)15-5-4-12-27(14-15)18-9-8-17(13-24-18)25-19(28)10-11-23-21(30)26-16-6-2-1-3-7-16/h1-3,6-9,13,15H,4-5,10-12,14H2,(H2,22,29)(H,25,28)(H2,23,26,30). The Bertz CT molecular complexity index is 872. The Morgan fingerprint density at radius 3 is 2.57 bits per heavy atom. The number of anilines is 3. The number of hydrogen-bond acceptors (Lipinski definition) is 5. The van der Waals surface area contributed by atoms with Crippen molar-refractivity contribution < 1.29 is 14.4 Å². The quantitative estimate of drug-likeness (QED) is 0.554. The SMILES string of the molecule is NC(=O)C1CCCN(c2ccc(NC(=O)CCNC(=O)Nc3ccccc3)cn2)C1. The topological polar surface area (TPSA) is 129 Å². The zero-order valence-corrected chi connectivity index (χ0v) is 16.6. The van der Waals surface area contributed by atoms with Crippen LogP contribution in [-0.2, 0) is 9.59 Å². The summed E-state index contributed by atoms with van der Waals surface area (Å²) in [6, 6.07) is 12.3. The van der Waals surface area contributed by atoms with Crippen molar-refractivity contribution in [2.75, 3.05) is 35.2 Å². The zero-order chi connectivity index (χ0) is 21.3. The molecule has 1 unspecified atom stereocenters. The summed E-state index contributed by atoms with van der Waals surface area (Å²) in [4.78, 5) is 41.7. The second-order valence-corrected chi connectivity index (χ2v) is 7.14. The highest BCUT2D eigenvalue weighted by Gasteiger charge is 2.24. The summed E-state index contributed by atoms with van der Waals surface area (Å²) in [7, 11) is 0. The number of benzene rings is 1. The molecule has 2 aromatic rings. The summed E-state index contributed by atoms with van der Waals surface area (Å²) in [6.07, 6.45) is 3.41. The van der Waals surface area contributed by atoms with Crippen molar-refractivity contribution in [1.29, 1.82) is 0 Å². The number of aromatic nitrogens is 1. The van der Waals surface area contributed by atoms with Gasteiger partial charge in [-0.15, -0.1) is 0 Å². The molecule has 0 spiro atoms. The number of nitrogens with zero attached hydrogens (tertiary/aromatic N) is 2. The Labute approximate surface area is 175 Å². The average Bonchev–Trinajstić information content (AvgIpc) is 2.75. The van der Waals surface area contributed by atoms with Crippen LogP contribution in [-0.4, -0.2) is 42.5 Å². The molecule has 2 heterocycles. The molecule has 9 heteroatoms. The van der Waals surface area contributed by atoms with E-state index < -0.39 is 0 Å². The molecular weight excluding hydrogens is 384 g/mol. The minimum Gasteiger partial charge on any atom is -0.369 e. The van der Waals surface area contributed by atoms with Gasteiger partial charge in [-0.05, 0) is 37.1 Å². The molecule has 1 fully saturated rings. The Balaban J connectivity index is 1.41. The third kappa shape index (κ3) is 6.20. The summed E-state index contributed by atoms with van der Waals surface area (Å²) < 4.78 is 0. The lowest BCUT2D eigenvalue weighted by Gasteiger charge is -2.32. The molecule has 3 rings (SSSR count). The molecule has 158 valence electrons. The first kappa shape index (κ1) is 21.1. The molecule has 0 radical (unpaired) electrons. The van der Waals surface area contributed by atoms with Crippen LogP contribution in [0.1, 0.15) is 19.3 Å². The molecule has 0 saturated carbocycles. The second kappa shape index (κ2) is 10.2. The maximum absolute atomic E-state index is 12.1. The smallest absolute Gasteiger partial charge is 0.319 e. The highest BCUT2D eigenvalue weighted by Crippen LogP contribution is 2.22. The number of primary amides is 1. The fourth-order valence-corrected chi connectivity index (χ4v) is 3.27. The molecular formula is C21H26N6O3. The van der Waals surface area contributed by atoms with Crippen LogP contribution in [0.25, 0.3) is 0 Å². The molecule has 9 nitrogen and oxygen atoms in total. The van der Waals surface area contributed by atoms with E-state index in [4.69, 9.17) is 5.73 Å². The minimum absolute atomic E-state index is 0.135. The lowest BCUT2D eigenvalue weighted by atomic mass is 9.97. The number of amides is 4. The van der Waals surface area contributed by atoms with Gasteiger partial charge in [-0.3, -0.25) is 9.59 Å². The number of urea groups is 1. The highest BCUT2D eigenvalue weighted by molar-refractivity contribution is 5.92. The van der Waals surface area contributed by atoms with E-state index in [1.165, 1.54) is 0 Å². The van der Waals surface area contributed by atoms with E-state index in [9.17, 15) is 14.4 Å². The number of nitrogens with one attached hydrogen (secondary N) is 3. The molecule has 4 amide bonds. The fraction of sp³-hybridized carbons (Fsp3) is 0.333. The number of carbonyl (C=O) groups is 3. The van der Waals surface area contributed by atoms with Gasteiger partial charge in [0.05, 0.1) is 17.8 Å². The van der Waals surface area contributed by atoms with Crippen LogP contribution < -0.4 is 26.6 Å². The summed E-state index contributed by atoms with van der Waals surface area (Å²) in [6.45, 7) is 1.59. The maximum Gasteiger partial charge on any atom is 0.319 e. The third-order valence-electron chi connectivity index (χ3n) is 4.85. The van der Waals surface area contributed by atoms with Crippen molar-refractivity contribution in [2.24, 2.45) is 11.7 Å². The van der Waals surface area contributed by atoms with Crippen molar-refractivity contribution >= 4 is 35.0 Å². The second-order valence-electron chi connectivity index (χ2n) is 7.14. The third-order valence-corrected chi connectivity index (χ3v) is 4.85. The van der Waals surface area contributed by atoms with E-state index in [0.29, 0.717) is 17.9 Å². The lowest BCUT2D eigenvalue weighted by Crippen LogP contribution is -2.41. The van der Waals surface area contributed by atoms with Crippen LogP contribution in [0.5, 0.6) is 0 Å². The number of piperidine rings is 1. The predicted molar refractivity (Wildman–Crippen MR) is 115 cm³/mol. The van der Waals surface area contributed by atoms with Crippen LogP contribution in [0.15, 0.2) is 48.7 Å². The number of pyridine rings is 1. The van der Waals surface area contributed by atoms with Crippen molar-refractivity contribution in [3.05, 3.63) is 48.7 Å². The van der Waals surface area contributed by atoms with Crippen LogP contribution in [0.4, 0.5) is 22.0 Å². The molecule has 0 aliphatic carbocycles. The summed E-state index contributed by atoms with van der Waals surface area (Å²) in [5, 5.41) is 8.09. The number of para-hydroxylation sites is 1. The van der Waals surface area contributed by atoms with E-state index in [-0.39, 0.29) is 36.7 Å². The highest BCUT2D eigenvalue weighted by atomic mass is 16.2. The fourth-order valence-electron chi connectivity index (χ4n) is 3.27. The van der Waals surface area contributed by atoms with Crippen LogP contribution in [0.2, 0.25) is 0 Å². The van der Waals surface area contributed by atoms with Crippen LogP contribution in [0.3, 0.4) is 0 Å². The predicted octanol–water partition coefficient (Wildman–Crippen LogP) is 1.93. The molecule has 5 N–H and O–H groups in total. The first-order valence-electron chi connectivity index (χ1n) is 9.91. The van der Waals surface area contributed by atoms with Gasteiger partial charge < -0.3 is 26.6 Å². The number of nitrogens with two attached hydrogens (primary N) is 1. The summed E-state index contributed by atoms with van der Waals surface area (Å²) in [5.74, 6) is 0.0793. The molecule has 1 saturated heterocycles.